The number of nitrogens with zero attached hydrogens (tertiary/aromatic N) is 2. The second-order valence-electron chi connectivity index (χ2n) is 3.08. The number of halogens is 1. The molecule has 0 fully saturated rings. The molecular formula is C10H13FN2O. The van der Waals surface area contributed by atoms with Crippen LogP contribution in [0.5, 0.6) is 0 Å². The molecule has 0 aromatic carbocycles. The number of aromatic nitrogens is 1. The van der Waals surface area contributed by atoms with Crippen molar-refractivity contribution in [2.75, 3.05) is 13.6 Å². The smallest absolute Gasteiger partial charge is 0.256 e. The van der Waals surface area contributed by atoms with Crippen LogP contribution >= 0.6 is 0 Å². The van der Waals surface area contributed by atoms with Crippen LogP contribution in [0.4, 0.5) is 4.39 Å². The van der Waals surface area contributed by atoms with E-state index >= 15 is 0 Å². The molecular weight excluding hydrogens is 183 g/mol. The van der Waals surface area contributed by atoms with Gasteiger partial charge in [-0.3, -0.25) is 9.78 Å². The molecule has 0 aliphatic rings. The minimum atomic E-state index is -0.569. The van der Waals surface area contributed by atoms with Gasteiger partial charge in [-0.1, -0.05) is 6.92 Å². The maximum Gasteiger partial charge on any atom is 0.256 e. The highest BCUT2D eigenvalue weighted by Crippen LogP contribution is 2.07. The molecule has 76 valence electrons. The van der Waals surface area contributed by atoms with Gasteiger partial charge in [-0.25, -0.2) is 4.39 Å². The maximum atomic E-state index is 13.1. The van der Waals surface area contributed by atoms with Gasteiger partial charge in [0.2, 0.25) is 0 Å². The maximum absolute atomic E-state index is 13.1. The Morgan fingerprint density at radius 3 is 2.93 bits per heavy atom. The Morgan fingerprint density at radius 2 is 2.36 bits per heavy atom. The number of hydrogen-bond acceptors (Lipinski definition) is 2. The Hall–Kier alpha value is -1.45. The van der Waals surface area contributed by atoms with E-state index in [-0.39, 0.29) is 11.5 Å². The highest BCUT2D eigenvalue weighted by atomic mass is 19.1. The third-order valence-corrected chi connectivity index (χ3v) is 1.91. The molecule has 3 nitrogen and oxygen atoms in total. The summed E-state index contributed by atoms with van der Waals surface area (Å²) in [5.74, 6) is -0.868. The Kier molecular flexibility index (Phi) is 3.56. The molecule has 14 heavy (non-hydrogen) atoms. The van der Waals surface area contributed by atoms with Crippen molar-refractivity contribution in [1.82, 2.24) is 9.88 Å². The van der Waals surface area contributed by atoms with E-state index in [0.717, 1.165) is 12.6 Å². The summed E-state index contributed by atoms with van der Waals surface area (Å²) in [4.78, 5) is 16.7. The largest absolute Gasteiger partial charge is 0.342 e. The van der Waals surface area contributed by atoms with Crippen molar-refractivity contribution in [2.24, 2.45) is 0 Å². The number of amides is 1. The van der Waals surface area contributed by atoms with E-state index < -0.39 is 5.82 Å². The summed E-state index contributed by atoms with van der Waals surface area (Å²) >= 11 is 0. The molecule has 1 aromatic rings. The van der Waals surface area contributed by atoms with E-state index in [9.17, 15) is 9.18 Å². The molecule has 0 bridgehead atoms. The zero-order chi connectivity index (χ0) is 10.6. The molecule has 0 aliphatic heterocycles. The first-order valence-corrected chi connectivity index (χ1v) is 4.51. The van der Waals surface area contributed by atoms with Crippen molar-refractivity contribution in [1.29, 1.82) is 0 Å². The molecule has 0 aliphatic carbocycles. The molecule has 0 saturated carbocycles. The average molecular weight is 196 g/mol. The second-order valence-corrected chi connectivity index (χ2v) is 3.08. The van der Waals surface area contributed by atoms with Gasteiger partial charge in [0.05, 0.1) is 11.8 Å². The minimum Gasteiger partial charge on any atom is -0.342 e. The molecule has 0 radical (unpaired) electrons. The zero-order valence-electron chi connectivity index (χ0n) is 8.33. The standard InChI is InChI=1S/C10H13FN2O/c1-3-6-13(2)10(14)8-4-5-12-7-9(8)11/h4-5,7H,3,6H2,1-2H3. The fourth-order valence-corrected chi connectivity index (χ4v) is 1.19. The average Bonchev–Trinajstić information content (AvgIpc) is 2.18. The van der Waals surface area contributed by atoms with Crippen molar-refractivity contribution in [3.8, 4) is 0 Å². The predicted octanol–water partition coefficient (Wildman–Crippen LogP) is 1.70. The summed E-state index contributed by atoms with van der Waals surface area (Å²) in [6, 6.07) is 1.39. The number of carbonyl (C=O) groups excluding carboxylic acids is 1. The predicted molar refractivity (Wildman–Crippen MR) is 51.4 cm³/mol. The first-order chi connectivity index (χ1) is 6.66. The van der Waals surface area contributed by atoms with E-state index in [1.807, 2.05) is 6.92 Å². The fourth-order valence-electron chi connectivity index (χ4n) is 1.19. The van der Waals surface area contributed by atoms with Crippen LogP contribution in [0, 0.1) is 5.82 Å². The lowest BCUT2D eigenvalue weighted by atomic mass is 10.2. The summed E-state index contributed by atoms with van der Waals surface area (Å²) in [6.45, 7) is 2.59. The zero-order valence-corrected chi connectivity index (χ0v) is 8.33. The van der Waals surface area contributed by atoms with Crippen molar-refractivity contribution >= 4 is 5.91 Å². The van der Waals surface area contributed by atoms with Gasteiger partial charge >= 0.3 is 0 Å². The van der Waals surface area contributed by atoms with Crippen LogP contribution in [0.1, 0.15) is 23.7 Å². The lowest BCUT2D eigenvalue weighted by Crippen LogP contribution is -2.28. The first kappa shape index (κ1) is 10.6. The number of rotatable bonds is 3. The van der Waals surface area contributed by atoms with Gasteiger partial charge in [0.15, 0.2) is 5.82 Å². The molecule has 0 atom stereocenters. The van der Waals surface area contributed by atoms with E-state index in [2.05, 4.69) is 4.98 Å². The lowest BCUT2D eigenvalue weighted by molar-refractivity contribution is 0.0790. The van der Waals surface area contributed by atoms with Gasteiger partial charge in [0.1, 0.15) is 0 Å². The molecule has 0 spiro atoms. The van der Waals surface area contributed by atoms with Crippen molar-refractivity contribution in [3.63, 3.8) is 0 Å². The highest BCUT2D eigenvalue weighted by molar-refractivity contribution is 5.94. The molecule has 0 saturated heterocycles. The van der Waals surface area contributed by atoms with Gasteiger partial charge in [-0.15, -0.1) is 0 Å². The molecule has 4 heteroatoms. The summed E-state index contributed by atoms with van der Waals surface area (Å²) in [6.07, 6.45) is 3.32. The summed E-state index contributed by atoms with van der Waals surface area (Å²) < 4.78 is 13.1. The number of hydrogen-bond donors (Lipinski definition) is 0. The highest BCUT2D eigenvalue weighted by Gasteiger charge is 2.14. The van der Waals surface area contributed by atoms with Crippen molar-refractivity contribution in [3.05, 3.63) is 29.8 Å². The van der Waals surface area contributed by atoms with Crippen LogP contribution in [-0.4, -0.2) is 29.4 Å². The summed E-state index contributed by atoms with van der Waals surface area (Å²) in [5, 5.41) is 0. The minimum absolute atomic E-state index is 0.0796. The Morgan fingerprint density at radius 1 is 1.64 bits per heavy atom. The lowest BCUT2D eigenvalue weighted by Gasteiger charge is -2.15. The van der Waals surface area contributed by atoms with E-state index in [4.69, 9.17) is 0 Å². The van der Waals surface area contributed by atoms with Crippen molar-refractivity contribution < 1.29 is 9.18 Å². The van der Waals surface area contributed by atoms with Crippen LogP contribution in [0.25, 0.3) is 0 Å². The number of carbonyl (C=O) groups is 1. The topological polar surface area (TPSA) is 33.2 Å². The summed E-state index contributed by atoms with van der Waals surface area (Å²) in [7, 11) is 1.66. The van der Waals surface area contributed by atoms with Gasteiger partial charge < -0.3 is 4.90 Å². The molecule has 1 rings (SSSR count). The molecule has 0 unspecified atom stereocenters. The van der Waals surface area contributed by atoms with E-state index in [1.54, 1.807) is 7.05 Å². The third-order valence-electron chi connectivity index (χ3n) is 1.91. The Bertz CT molecular complexity index is 328. The van der Waals surface area contributed by atoms with Crippen LogP contribution in [0.3, 0.4) is 0 Å². The van der Waals surface area contributed by atoms with Gasteiger partial charge in [0.25, 0.3) is 5.91 Å². The third kappa shape index (κ3) is 2.28. The molecule has 1 heterocycles. The molecule has 1 amide bonds. The van der Waals surface area contributed by atoms with Crippen LogP contribution in [0.15, 0.2) is 18.5 Å². The van der Waals surface area contributed by atoms with E-state index in [1.165, 1.54) is 17.2 Å². The van der Waals surface area contributed by atoms with Crippen LogP contribution in [0.2, 0.25) is 0 Å². The Labute approximate surface area is 82.6 Å². The van der Waals surface area contributed by atoms with Gasteiger partial charge in [-0.05, 0) is 12.5 Å². The molecule has 1 aromatic heterocycles. The van der Waals surface area contributed by atoms with Gasteiger partial charge in [-0.2, -0.15) is 0 Å². The fraction of sp³-hybridized carbons (Fsp3) is 0.400. The van der Waals surface area contributed by atoms with Crippen LogP contribution < -0.4 is 0 Å². The number of pyridine rings is 1. The van der Waals surface area contributed by atoms with E-state index in [0.29, 0.717) is 6.54 Å². The SMILES string of the molecule is CCCN(C)C(=O)c1ccncc1F. The quantitative estimate of drug-likeness (QED) is 0.737. The van der Waals surface area contributed by atoms with Gasteiger partial charge in [0, 0.05) is 19.8 Å². The molecule has 0 N–H and O–H groups in total. The first-order valence-electron chi connectivity index (χ1n) is 4.51. The summed E-state index contributed by atoms with van der Waals surface area (Å²) in [5.41, 5.74) is 0.0796. The van der Waals surface area contributed by atoms with Crippen LogP contribution in [-0.2, 0) is 0 Å². The van der Waals surface area contributed by atoms with Crippen molar-refractivity contribution in [2.45, 2.75) is 13.3 Å². The monoisotopic (exact) mass is 196 g/mol. The second kappa shape index (κ2) is 4.69. The normalized spacial score (nSPS) is 9.93. The Balaban J connectivity index is 2.84.